The van der Waals surface area contributed by atoms with E-state index in [0.29, 0.717) is 6.42 Å². The van der Waals surface area contributed by atoms with Crippen LogP contribution in [-0.2, 0) is 16.6 Å². The van der Waals surface area contributed by atoms with Crippen LogP contribution in [0.25, 0.3) is 0 Å². The zero-order valence-electron chi connectivity index (χ0n) is 10.9. The molecule has 0 bridgehead atoms. The van der Waals surface area contributed by atoms with Gasteiger partial charge in [0.1, 0.15) is 0 Å². The van der Waals surface area contributed by atoms with E-state index in [1.165, 1.54) is 5.56 Å². The Bertz CT molecular complexity index is 629. The van der Waals surface area contributed by atoms with Crippen LogP contribution in [0.2, 0.25) is 0 Å². The number of benzene rings is 1. The molecule has 3 rings (SSSR count). The number of ether oxygens (including phenoxy) is 1. The van der Waals surface area contributed by atoms with Crippen molar-refractivity contribution in [3.8, 4) is 0 Å². The van der Waals surface area contributed by atoms with E-state index in [-0.39, 0.29) is 16.9 Å². The highest BCUT2D eigenvalue weighted by molar-refractivity contribution is 5.43. The van der Waals surface area contributed by atoms with Gasteiger partial charge in [-0.1, -0.05) is 54.6 Å². The standard InChI is InChI=1S/C17H16O2/c1-19-16-9-5-6-10-17(16,12-13-11-15(13)18)14-7-3-2-4-8-14/h2-11,16H,12H2,1H3. The fraction of sp³-hybridized carbons (Fsp3) is 0.235. The topological polar surface area (TPSA) is 26.3 Å². The van der Waals surface area contributed by atoms with Gasteiger partial charge in [0, 0.05) is 18.1 Å². The molecule has 0 aromatic heterocycles. The number of methoxy groups -OCH3 is 1. The maximum atomic E-state index is 11.4. The molecule has 19 heavy (non-hydrogen) atoms. The molecular formula is C17H16O2. The van der Waals surface area contributed by atoms with Gasteiger partial charge in [0.25, 0.3) is 0 Å². The molecule has 2 nitrogen and oxygen atoms in total. The van der Waals surface area contributed by atoms with Crippen LogP contribution in [0.3, 0.4) is 0 Å². The Kier molecular flexibility index (Phi) is 2.96. The lowest BCUT2D eigenvalue weighted by atomic mass is 9.70. The largest absolute Gasteiger partial charge is 0.376 e. The molecule has 0 saturated heterocycles. The van der Waals surface area contributed by atoms with Gasteiger partial charge in [0.15, 0.2) is 5.43 Å². The SMILES string of the molecule is COC1C=CC=CC1(Cc1cc1=O)c1ccccc1. The second-order valence-electron chi connectivity index (χ2n) is 5.02. The molecule has 2 aromatic rings. The summed E-state index contributed by atoms with van der Waals surface area (Å²) in [5, 5.41) is 0. The van der Waals surface area contributed by atoms with Crippen molar-refractivity contribution >= 4 is 0 Å². The molecule has 0 amide bonds. The van der Waals surface area contributed by atoms with Crippen molar-refractivity contribution in [3.05, 3.63) is 82.1 Å². The molecule has 0 heterocycles. The first-order valence-corrected chi connectivity index (χ1v) is 6.45. The molecule has 2 aromatic carbocycles. The summed E-state index contributed by atoms with van der Waals surface area (Å²) >= 11 is 0. The fourth-order valence-electron chi connectivity index (χ4n) is 2.79. The van der Waals surface area contributed by atoms with E-state index in [1.54, 1.807) is 13.2 Å². The van der Waals surface area contributed by atoms with Gasteiger partial charge in [-0.15, -0.1) is 0 Å². The van der Waals surface area contributed by atoms with Gasteiger partial charge in [0.05, 0.1) is 6.10 Å². The van der Waals surface area contributed by atoms with Crippen LogP contribution < -0.4 is 5.43 Å². The minimum atomic E-state index is -0.275. The summed E-state index contributed by atoms with van der Waals surface area (Å²) in [4.78, 5) is 11.4. The van der Waals surface area contributed by atoms with Gasteiger partial charge < -0.3 is 4.74 Å². The summed E-state index contributed by atoms with van der Waals surface area (Å²) < 4.78 is 5.65. The minimum Gasteiger partial charge on any atom is -0.376 e. The Hall–Kier alpha value is -1.93. The van der Waals surface area contributed by atoms with E-state index in [0.717, 1.165) is 5.56 Å². The van der Waals surface area contributed by atoms with Crippen molar-refractivity contribution in [1.82, 2.24) is 0 Å². The van der Waals surface area contributed by atoms with Gasteiger partial charge in [-0.2, -0.15) is 0 Å². The highest BCUT2D eigenvalue weighted by Gasteiger charge is 2.40. The van der Waals surface area contributed by atoms with Crippen molar-refractivity contribution in [1.29, 1.82) is 0 Å². The third-order valence-electron chi connectivity index (χ3n) is 3.88. The molecule has 2 heteroatoms. The van der Waals surface area contributed by atoms with Crippen LogP contribution in [-0.4, -0.2) is 13.2 Å². The molecule has 0 N–H and O–H groups in total. The van der Waals surface area contributed by atoms with Gasteiger partial charge in [-0.05, 0) is 18.1 Å². The average molecular weight is 252 g/mol. The van der Waals surface area contributed by atoms with E-state index in [9.17, 15) is 4.79 Å². The average Bonchev–Trinajstić information content (AvgIpc) is 3.15. The highest BCUT2D eigenvalue weighted by atomic mass is 16.5. The normalized spacial score (nSPS) is 26.1. The summed E-state index contributed by atoms with van der Waals surface area (Å²) in [7, 11) is 1.72. The van der Waals surface area contributed by atoms with Crippen LogP contribution in [0, 0.1) is 0 Å². The van der Waals surface area contributed by atoms with E-state index in [4.69, 9.17) is 4.74 Å². The predicted octanol–water partition coefficient (Wildman–Crippen LogP) is 2.54. The monoisotopic (exact) mass is 252 g/mol. The molecule has 2 unspecified atom stereocenters. The summed E-state index contributed by atoms with van der Waals surface area (Å²) in [6, 6.07) is 12.0. The lowest BCUT2D eigenvalue weighted by molar-refractivity contribution is 0.0866. The molecule has 0 fully saturated rings. The van der Waals surface area contributed by atoms with Crippen molar-refractivity contribution in [2.75, 3.05) is 7.11 Å². The van der Waals surface area contributed by atoms with Crippen LogP contribution in [0.5, 0.6) is 0 Å². The summed E-state index contributed by atoms with van der Waals surface area (Å²) in [5.74, 6) is 0. The van der Waals surface area contributed by atoms with Gasteiger partial charge in [0.2, 0.25) is 0 Å². The van der Waals surface area contributed by atoms with E-state index in [1.807, 2.05) is 30.4 Å². The quantitative estimate of drug-likeness (QED) is 0.836. The third kappa shape index (κ3) is 2.08. The van der Waals surface area contributed by atoms with Crippen molar-refractivity contribution in [3.63, 3.8) is 0 Å². The Labute approximate surface area is 112 Å². The smallest absolute Gasteiger partial charge is 0.182 e. The maximum absolute atomic E-state index is 11.4. The molecule has 0 radical (unpaired) electrons. The molecule has 2 atom stereocenters. The van der Waals surface area contributed by atoms with Crippen LogP contribution >= 0.6 is 0 Å². The van der Waals surface area contributed by atoms with E-state index in [2.05, 4.69) is 24.3 Å². The predicted molar refractivity (Wildman–Crippen MR) is 76.0 cm³/mol. The first-order chi connectivity index (χ1) is 9.26. The number of rotatable bonds is 4. The lowest BCUT2D eigenvalue weighted by Crippen LogP contribution is -2.41. The summed E-state index contributed by atoms with van der Waals surface area (Å²) in [6.45, 7) is 0. The van der Waals surface area contributed by atoms with Gasteiger partial charge in [-0.25, -0.2) is 0 Å². The second kappa shape index (κ2) is 4.63. The van der Waals surface area contributed by atoms with E-state index < -0.39 is 0 Å². The minimum absolute atomic E-state index is 0.0470. The van der Waals surface area contributed by atoms with Crippen LogP contribution in [0.15, 0.2) is 65.5 Å². The van der Waals surface area contributed by atoms with Crippen molar-refractivity contribution in [2.45, 2.75) is 17.9 Å². The first-order valence-electron chi connectivity index (χ1n) is 6.45. The molecule has 0 aliphatic heterocycles. The first kappa shape index (κ1) is 12.1. The Morgan fingerprint density at radius 2 is 1.95 bits per heavy atom. The molecule has 1 aliphatic carbocycles. The zero-order valence-corrected chi connectivity index (χ0v) is 10.9. The van der Waals surface area contributed by atoms with Crippen LogP contribution in [0.1, 0.15) is 11.1 Å². The number of hydrogen-bond acceptors (Lipinski definition) is 2. The van der Waals surface area contributed by atoms with Gasteiger partial charge in [-0.3, -0.25) is 4.79 Å². The third-order valence-corrected chi connectivity index (χ3v) is 3.88. The lowest BCUT2D eigenvalue weighted by Gasteiger charge is -2.37. The molecule has 0 saturated carbocycles. The molecular weight excluding hydrogens is 236 g/mol. The molecule has 96 valence electrons. The van der Waals surface area contributed by atoms with Gasteiger partial charge >= 0.3 is 0 Å². The number of hydrogen-bond donors (Lipinski definition) is 0. The van der Waals surface area contributed by atoms with E-state index >= 15 is 0 Å². The van der Waals surface area contributed by atoms with Crippen LogP contribution in [0.4, 0.5) is 0 Å². The maximum Gasteiger partial charge on any atom is 0.182 e. The fourth-order valence-corrected chi connectivity index (χ4v) is 2.79. The zero-order chi connectivity index (χ0) is 13.3. The Balaban J connectivity index is 2.07. The Morgan fingerprint density at radius 3 is 2.58 bits per heavy atom. The summed E-state index contributed by atoms with van der Waals surface area (Å²) in [5.41, 5.74) is 1.99. The Morgan fingerprint density at radius 1 is 1.21 bits per heavy atom. The number of allylic oxidation sites excluding steroid dienone is 2. The summed E-state index contributed by atoms with van der Waals surface area (Å²) in [6.07, 6.45) is 8.90. The van der Waals surface area contributed by atoms with Crippen molar-refractivity contribution < 1.29 is 4.74 Å². The second-order valence-corrected chi connectivity index (χ2v) is 5.02. The molecule has 1 aliphatic rings. The highest BCUT2D eigenvalue weighted by Crippen LogP contribution is 2.37. The molecule has 0 spiro atoms. The van der Waals surface area contributed by atoms with Crippen molar-refractivity contribution in [2.24, 2.45) is 0 Å².